The Balaban J connectivity index is 2.87. The van der Waals surface area contributed by atoms with Crippen LogP contribution in [0, 0.1) is 10.1 Å². The molecule has 16 heavy (non-hydrogen) atoms. The molecule has 0 saturated carbocycles. The molecule has 5 nitrogen and oxygen atoms in total. The van der Waals surface area contributed by atoms with Gasteiger partial charge in [0, 0.05) is 17.8 Å². The van der Waals surface area contributed by atoms with Gasteiger partial charge in [0.15, 0.2) is 5.78 Å². The van der Waals surface area contributed by atoms with Crippen molar-refractivity contribution in [1.82, 2.24) is 4.98 Å². The van der Waals surface area contributed by atoms with Crippen LogP contribution in [-0.4, -0.2) is 15.7 Å². The molecule has 0 aliphatic heterocycles. The van der Waals surface area contributed by atoms with Gasteiger partial charge in [0.2, 0.25) is 0 Å². The van der Waals surface area contributed by atoms with Crippen LogP contribution in [-0.2, 0) is 0 Å². The van der Waals surface area contributed by atoms with E-state index in [0.29, 0.717) is 16.5 Å². The number of pyridine rings is 1. The number of hydrogen-bond acceptors (Lipinski definition) is 4. The van der Waals surface area contributed by atoms with Crippen molar-refractivity contribution in [1.29, 1.82) is 0 Å². The number of nitrogens with zero attached hydrogens (tertiary/aromatic N) is 2. The molecular weight excluding hydrogens is 208 g/mol. The number of ketones is 1. The second-order valence-corrected chi connectivity index (χ2v) is 3.35. The van der Waals surface area contributed by atoms with Crippen LogP contribution in [0.2, 0.25) is 0 Å². The first-order valence-electron chi connectivity index (χ1n) is 4.64. The van der Waals surface area contributed by atoms with Crippen molar-refractivity contribution < 1.29 is 9.72 Å². The lowest BCUT2D eigenvalue weighted by Gasteiger charge is -2.02. The van der Waals surface area contributed by atoms with Crippen LogP contribution in [0.1, 0.15) is 17.3 Å². The molecule has 0 amide bonds. The first-order chi connectivity index (χ1) is 7.61. The van der Waals surface area contributed by atoms with Gasteiger partial charge < -0.3 is 0 Å². The Morgan fingerprint density at radius 3 is 2.75 bits per heavy atom. The maximum Gasteiger partial charge on any atom is 0.278 e. The summed E-state index contributed by atoms with van der Waals surface area (Å²) in [6.07, 6.45) is 1.51. The summed E-state index contributed by atoms with van der Waals surface area (Å²) in [7, 11) is 0. The molecule has 0 saturated heterocycles. The molecule has 2 rings (SSSR count). The smallest absolute Gasteiger partial charge is 0.278 e. The summed E-state index contributed by atoms with van der Waals surface area (Å²) in [6.45, 7) is 1.41. The van der Waals surface area contributed by atoms with E-state index in [0.717, 1.165) is 0 Å². The van der Waals surface area contributed by atoms with Crippen LogP contribution in [0.3, 0.4) is 0 Å². The van der Waals surface area contributed by atoms with E-state index in [4.69, 9.17) is 0 Å². The van der Waals surface area contributed by atoms with Crippen LogP contribution >= 0.6 is 0 Å². The molecule has 0 radical (unpaired) electrons. The SMILES string of the molecule is CC(=O)c1ccc([N+](=O)[O-])c2cccnc12. The molecule has 0 atom stereocenters. The fourth-order valence-electron chi connectivity index (χ4n) is 1.60. The van der Waals surface area contributed by atoms with Gasteiger partial charge >= 0.3 is 0 Å². The highest BCUT2D eigenvalue weighted by molar-refractivity contribution is 6.07. The first-order valence-corrected chi connectivity index (χ1v) is 4.64. The number of nitro groups is 1. The summed E-state index contributed by atoms with van der Waals surface area (Å²) < 4.78 is 0. The second-order valence-electron chi connectivity index (χ2n) is 3.35. The Bertz CT molecular complexity index is 540. The second kappa shape index (κ2) is 3.69. The van der Waals surface area contributed by atoms with E-state index >= 15 is 0 Å². The zero-order chi connectivity index (χ0) is 11.7. The van der Waals surface area contributed by atoms with Gasteiger partial charge in [0.25, 0.3) is 5.69 Å². The van der Waals surface area contributed by atoms with Gasteiger partial charge in [0.1, 0.15) is 0 Å². The third-order valence-electron chi connectivity index (χ3n) is 2.32. The third kappa shape index (κ3) is 1.52. The molecule has 80 valence electrons. The van der Waals surface area contributed by atoms with E-state index in [1.807, 2.05) is 0 Å². The van der Waals surface area contributed by atoms with Gasteiger partial charge in [-0.2, -0.15) is 0 Å². The van der Waals surface area contributed by atoms with Crippen LogP contribution in [0.25, 0.3) is 10.9 Å². The molecule has 0 bridgehead atoms. The van der Waals surface area contributed by atoms with Crippen LogP contribution in [0.4, 0.5) is 5.69 Å². The number of Topliss-reactive ketones (excluding diaryl/α,β-unsaturated/α-hetero) is 1. The van der Waals surface area contributed by atoms with Crippen molar-refractivity contribution in [2.45, 2.75) is 6.92 Å². The topological polar surface area (TPSA) is 73.1 Å². The maximum absolute atomic E-state index is 11.3. The number of fused-ring (bicyclic) bond motifs is 1. The molecule has 0 N–H and O–H groups in total. The summed E-state index contributed by atoms with van der Waals surface area (Å²) in [4.78, 5) is 25.7. The largest absolute Gasteiger partial charge is 0.294 e. The highest BCUT2D eigenvalue weighted by atomic mass is 16.6. The number of non-ortho nitro benzene ring substituents is 1. The minimum atomic E-state index is -0.478. The molecule has 1 heterocycles. The summed E-state index contributed by atoms with van der Waals surface area (Å²) >= 11 is 0. The van der Waals surface area contributed by atoms with Crippen molar-refractivity contribution in [3.05, 3.63) is 46.1 Å². The molecule has 5 heteroatoms. The Hall–Kier alpha value is -2.30. The first kappa shape index (κ1) is 10.2. The zero-order valence-electron chi connectivity index (χ0n) is 8.51. The van der Waals surface area contributed by atoms with E-state index in [2.05, 4.69) is 4.98 Å². The molecule has 0 aliphatic rings. The quantitative estimate of drug-likeness (QED) is 0.438. The summed E-state index contributed by atoms with van der Waals surface area (Å²) in [5.41, 5.74) is 0.749. The lowest BCUT2D eigenvalue weighted by molar-refractivity contribution is -0.383. The predicted molar refractivity (Wildman–Crippen MR) is 58.4 cm³/mol. The fraction of sp³-hybridized carbons (Fsp3) is 0.0909. The fourth-order valence-corrected chi connectivity index (χ4v) is 1.60. The maximum atomic E-state index is 11.3. The predicted octanol–water partition coefficient (Wildman–Crippen LogP) is 2.35. The minimum absolute atomic E-state index is 0.0342. The monoisotopic (exact) mass is 216 g/mol. The minimum Gasteiger partial charge on any atom is -0.294 e. The van der Waals surface area contributed by atoms with Crippen LogP contribution in [0.5, 0.6) is 0 Å². The van der Waals surface area contributed by atoms with Crippen molar-refractivity contribution >= 4 is 22.4 Å². The highest BCUT2D eigenvalue weighted by Crippen LogP contribution is 2.26. The normalized spacial score (nSPS) is 10.3. The van der Waals surface area contributed by atoms with Crippen LogP contribution in [0.15, 0.2) is 30.5 Å². The molecule has 0 aliphatic carbocycles. The lowest BCUT2D eigenvalue weighted by atomic mass is 10.1. The molecule has 2 aromatic rings. The summed E-state index contributed by atoms with van der Waals surface area (Å²) in [6, 6.07) is 5.97. The van der Waals surface area contributed by atoms with E-state index in [-0.39, 0.29) is 11.5 Å². The van der Waals surface area contributed by atoms with Crippen LogP contribution < -0.4 is 0 Å². The van der Waals surface area contributed by atoms with E-state index in [1.54, 1.807) is 12.1 Å². The number of benzene rings is 1. The van der Waals surface area contributed by atoms with Crippen molar-refractivity contribution in [3.63, 3.8) is 0 Å². The van der Waals surface area contributed by atoms with Gasteiger partial charge in [-0.3, -0.25) is 19.9 Å². The van der Waals surface area contributed by atoms with Crippen molar-refractivity contribution in [2.24, 2.45) is 0 Å². The summed E-state index contributed by atoms with van der Waals surface area (Å²) in [5.74, 6) is -0.154. The zero-order valence-corrected chi connectivity index (χ0v) is 8.51. The molecule has 1 aromatic carbocycles. The van der Waals surface area contributed by atoms with E-state index in [9.17, 15) is 14.9 Å². The van der Waals surface area contributed by atoms with Gasteiger partial charge in [-0.1, -0.05) is 0 Å². The van der Waals surface area contributed by atoms with Gasteiger partial charge in [0.05, 0.1) is 15.8 Å². The number of hydrogen-bond donors (Lipinski definition) is 0. The number of carbonyl (C=O) groups is 1. The van der Waals surface area contributed by atoms with Crippen molar-refractivity contribution in [2.75, 3.05) is 0 Å². The van der Waals surface area contributed by atoms with Gasteiger partial charge in [-0.15, -0.1) is 0 Å². The third-order valence-corrected chi connectivity index (χ3v) is 2.32. The Kier molecular flexibility index (Phi) is 2.36. The standard InChI is InChI=1S/C11H8N2O3/c1-7(14)8-4-5-10(13(15)16)9-3-2-6-12-11(8)9/h2-6H,1H3. The molecular formula is C11H8N2O3. The average Bonchev–Trinajstić information content (AvgIpc) is 2.27. The molecule has 1 aromatic heterocycles. The summed E-state index contributed by atoms with van der Waals surface area (Å²) in [5, 5.41) is 11.2. The van der Waals surface area contributed by atoms with Gasteiger partial charge in [-0.25, -0.2) is 0 Å². The number of nitro benzene ring substituents is 1. The Morgan fingerprint density at radius 1 is 1.38 bits per heavy atom. The Labute approximate surface area is 90.9 Å². The van der Waals surface area contributed by atoms with Crippen molar-refractivity contribution in [3.8, 4) is 0 Å². The van der Waals surface area contributed by atoms with Gasteiger partial charge in [-0.05, 0) is 25.1 Å². The highest BCUT2D eigenvalue weighted by Gasteiger charge is 2.16. The molecule has 0 spiro atoms. The van der Waals surface area contributed by atoms with E-state index < -0.39 is 4.92 Å². The average molecular weight is 216 g/mol. The molecule has 0 unspecified atom stereocenters. The van der Waals surface area contributed by atoms with E-state index in [1.165, 1.54) is 25.3 Å². The lowest BCUT2D eigenvalue weighted by Crippen LogP contribution is -1.98. The number of aromatic nitrogens is 1. The Morgan fingerprint density at radius 2 is 2.12 bits per heavy atom. The molecule has 0 fully saturated rings. The number of carbonyl (C=O) groups excluding carboxylic acids is 1. The number of rotatable bonds is 2.